The first-order valence-corrected chi connectivity index (χ1v) is 6.80. The van der Waals surface area contributed by atoms with E-state index in [1.165, 1.54) is 0 Å². The molecule has 3 aromatic rings. The summed E-state index contributed by atoms with van der Waals surface area (Å²) in [5.41, 5.74) is 10.4. The highest BCUT2D eigenvalue weighted by Crippen LogP contribution is 2.26. The standard InChI is InChI=1S/C14H13BrN4/c1-9-13(8-16)19-14(17-9)7-6-12(18-19)10-4-2-3-5-11(10)15/h2-7H,8,16H2,1H3. The van der Waals surface area contributed by atoms with Crippen LogP contribution in [0, 0.1) is 6.92 Å². The highest BCUT2D eigenvalue weighted by molar-refractivity contribution is 9.10. The summed E-state index contributed by atoms with van der Waals surface area (Å²) >= 11 is 3.55. The van der Waals surface area contributed by atoms with Crippen molar-refractivity contribution in [2.75, 3.05) is 0 Å². The zero-order chi connectivity index (χ0) is 13.4. The largest absolute Gasteiger partial charge is 0.325 e. The van der Waals surface area contributed by atoms with Gasteiger partial charge in [-0.3, -0.25) is 0 Å². The van der Waals surface area contributed by atoms with Crippen molar-refractivity contribution in [3.05, 3.63) is 52.3 Å². The van der Waals surface area contributed by atoms with E-state index >= 15 is 0 Å². The van der Waals surface area contributed by atoms with Crippen LogP contribution in [0.15, 0.2) is 40.9 Å². The van der Waals surface area contributed by atoms with Crippen LogP contribution in [-0.2, 0) is 6.54 Å². The second-order valence-electron chi connectivity index (χ2n) is 4.32. The molecule has 19 heavy (non-hydrogen) atoms. The third-order valence-electron chi connectivity index (χ3n) is 3.11. The molecule has 0 aliphatic heterocycles. The highest BCUT2D eigenvalue weighted by Gasteiger charge is 2.10. The second-order valence-corrected chi connectivity index (χ2v) is 5.17. The second kappa shape index (κ2) is 4.75. The van der Waals surface area contributed by atoms with Gasteiger partial charge >= 0.3 is 0 Å². The van der Waals surface area contributed by atoms with E-state index in [4.69, 9.17) is 5.73 Å². The maximum atomic E-state index is 5.77. The van der Waals surface area contributed by atoms with Gasteiger partial charge in [0.25, 0.3) is 0 Å². The van der Waals surface area contributed by atoms with E-state index in [1.807, 2.05) is 47.8 Å². The molecule has 0 bridgehead atoms. The number of hydrogen-bond acceptors (Lipinski definition) is 3. The lowest BCUT2D eigenvalue weighted by Crippen LogP contribution is -2.05. The molecule has 0 aliphatic carbocycles. The molecule has 3 rings (SSSR count). The Labute approximate surface area is 119 Å². The van der Waals surface area contributed by atoms with E-state index in [1.54, 1.807) is 0 Å². The van der Waals surface area contributed by atoms with Crippen LogP contribution >= 0.6 is 15.9 Å². The lowest BCUT2D eigenvalue weighted by molar-refractivity contribution is 0.842. The molecular formula is C14H13BrN4. The molecule has 0 radical (unpaired) electrons. The summed E-state index contributed by atoms with van der Waals surface area (Å²) in [7, 11) is 0. The molecule has 5 heteroatoms. The average Bonchev–Trinajstić information content (AvgIpc) is 2.73. The minimum absolute atomic E-state index is 0.430. The van der Waals surface area contributed by atoms with Gasteiger partial charge in [0.05, 0.1) is 17.1 Å². The van der Waals surface area contributed by atoms with Crippen LogP contribution in [-0.4, -0.2) is 14.6 Å². The molecule has 0 saturated heterocycles. The molecule has 4 nitrogen and oxygen atoms in total. The molecular weight excluding hydrogens is 304 g/mol. The van der Waals surface area contributed by atoms with E-state index < -0.39 is 0 Å². The van der Waals surface area contributed by atoms with Crippen molar-refractivity contribution in [2.24, 2.45) is 5.73 Å². The summed E-state index contributed by atoms with van der Waals surface area (Å²) < 4.78 is 2.84. The van der Waals surface area contributed by atoms with E-state index in [9.17, 15) is 0 Å². The molecule has 0 aliphatic rings. The van der Waals surface area contributed by atoms with Gasteiger partial charge in [-0.05, 0) is 25.1 Å². The lowest BCUT2D eigenvalue weighted by Gasteiger charge is -2.05. The monoisotopic (exact) mass is 316 g/mol. The number of nitrogens with two attached hydrogens (primary N) is 1. The smallest absolute Gasteiger partial charge is 0.154 e. The number of halogens is 1. The molecule has 0 saturated carbocycles. The van der Waals surface area contributed by atoms with Crippen LogP contribution < -0.4 is 5.73 Å². The molecule has 0 fully saturated rings. The molecule has 0 spiro atoms. The van der Waals surface area contributed by atoms with Crippen molar-refractivity contribution in [3.63, 3.8) is 0 Å². The van der Waals surface area contributed by atoms with Gasteiger partial charge in [-0.15, -0.1) is 0 Å². The SMILES string of the molecule is Cc1nc2ccc(-c3ccccc3Br)nn2c1CN. The maximum absolute atomic E-state index is 5.77. The zero-order valence-electron chi connectivity index (χ0n) is 10.5. The maximum Gasteiger partial charge on any atom is 0.154 e. The number of aryl methyl sites for hydroxylation is 1. The Hall–Kier alpha value is -1.72. The Morgan fingerprint density at radius 3 is 2.74 bits per heavy atom. The third-order valence-corrected chi connectivity index (χ3v) is 3.81. The Morgan fingerprint density at radius 2 is 2.00 bits per heavy atom. The summed E-state index contributed by atoms with van der Waals surface area (Å²) in [5, 5.41) is 4.64. The Kier molecular flexibility index (Phi) is 3.08. The van der Waals surface area contributed by atoms with E-state index in [2.05, 4.69) is 26.0 Å². The van der Waals surface area contributed by atoms with Crippen LogP contribution in [0.25, 0.3) is 16.9 Å². The van der Waals surface area contributed by atoms with Crippen molar-refractivity contribution >= 4 is 21.6 Å². The fourth-order valence-electron chi connectivity index (χ4n) is 2.14. The predicted octanol–water partition coefficient (Wildman–Crippen LogP) is 2.93. The van der Waals surface area contributed by atoms with Gasteiger partial charge in [0.15, 0.2) is 5.65 Å². The van der Waals surface area contributed by atoms with Crippen molar-refractivity contribution < 1.29 is 0 Å². The number of fused-ring (bicyclic) bond motifs is 1. The number of imidazole rings is 1. The van der Waals surface area contributed by atoms with E-state index in [-0.39, 0.29) is 0 Å². The highest BCUT2D eigenvalue weighted by atomic mass is 79.9. The van der Waals surface area contributed by atoms with Crippen molar-refractivity contribution in [1.82, 2.24) is 14.6 Å². The number of aromatic nitrogens is 3. The topological polar surface area (TPSA) is 56.2 Å². The van der Waals surface area contributed by atoms with E-state index in [0.717, 1.165) is 32.8 Å². The Bertz CT molecular complexity index is 748. The van der Waals surface area contributed by atoms with Gasteiger partial charge in [0, 0.05) is 16.6 Å². The van der Waals surface area contributed by atoms with Gasteiger partial charge in [-0.1, -0.05) is 34.1 Å². The predicted molar refractivity (Wildman–Crippen MR) is 78.8 cm³/mol. The molecule has 96 valence electrons. The Morgan fingerprint density at radius 1 is 1.21 bits per heavy atom. The lowest BCUT2D eigenvalue weighted by atomic mass is 10.1. The average molecular weight is 317 g/mol. The van der Waals surface area contributed by atoms with Gasteiger partial charge in [-0.25, -0.2) is 9.50 Å². The summed E-state index contributed by atoms with van der Waals surface area (Å²) in [6.07, 6.45) is 0. The van der Waals surface area contributed by atoms with Crippen molar-refractivity contribution in [3.8, 4) is 11.3 Å². The fraction of sp³-hybridized carbons (Fsp3) is 0.143. The number of hydrogen-bond donors (Lipinski definition) is 1. The van der Waals surface area contributed by atoms with Gasteiger partial charge in [0.1, 0.15) is 0 Å². The van der Waals surface area contributed by atoms with Crippen molar-refractivity contribution in [1.29, 1.82) is 0 Å². The molecule has 2 N–H and O–H groups in total. The minimum atomic E-state index is 0.430. The van der Waals surface area contributed by atoms with Crippen LogP contribution in [0.1, 0.15) is 11.4 Å². The first-order valence-electron chi connectivity index (χ1n) is 6.01. The molecule has 0 atom stereocenters. The normalized spacial score (nSPS) is 11.1. The first kappa shape index (κ1) is 12.3. The van der Waals surface area contributed by atoms with Crippen LogP contribution in [0.4, 0.5) is 0 Å². The number of rotatable bonds is 2. The quantitative estimate of drug-likeness (QED) is 0.790. The number of benzene rings is 1. The summed E-state index contributed by atoms with van der Waals surface area (Å²) in [4.78, 5) is 4.45. The fourth-order valence-corrected chi connectivity index (χ4v) is 2.62. The van der Waals surface area contributed by atoms with Crippen molar-refractivity contribution in [2.45, 2.75) is 13.5 Å². The minimum Gasteiger partial charge on any atom is -0.325 e. The van der Waals surface area contributed by atoms with E-state index in [0.29, 0.717) is 6.54 Å². The number of nitrogens with zero attached hydrogens (tertiary/aromatic N) is 3. The molecule has 1 aromatic carbocycles. The van der Waals surface area contributed by atoms with Crippen LogP contribution in [0.2, 0.25) is 0 Å². The molecule has 0 unspecified atom stereocenters. The molecule has 0 amide bonds. The third kappa shape index (κ3) is 2.05. The van der Waals surface area contributed by atoms with Crippen LogP contribution in [0.3, 0.4) is 0 Å². The van der Waals surface area contributed by atoms with Crippen LogP contribution in [0.5, 0.6) is 0 Å². The molecule has 2 heterocycles. The Balaban J connectivity index is 2.24. The van der Waals surface area contributed by atoms with Gasteiger partial charge in [-0.2, -0.15) is 5.10 Å². The molecule has 2 aromatic heterocycles. The summed E-state index contributed by atoms with van der Waals surface area (Å²) in [5.74, 6) is 0. The summed E-state index contributed by atoms with van der Waals surface area (Å²) in [6.45, 7) is 2.38. The van der Waals surface area contributed by atoms with Gasteiger partial charge in [0.2, 0.25) is 0 Å². The van der Waals surface area contributed by atoms with Gasteiger partial charge < -0.3 is 5.73 Å². The summed E-state index contributed by atoms with van der Waals surface area (Å²) in [6, 6.07) is 12.0. The zero-order valence-corrected chi connectivity index (χ0v) is 12.1. The first-order chi connectivity index (χ1) is 9.20.